The molecule has 2 heterocycles. The zero-order valence-electron chi connectivity index (χ0n) is 13.6. The predicted molar refractivity (Wildman–Crippen MR) is 95.3 cm³/mol. The van der Waals surface area contributed by atoms with Crippen LogP contribution in [0.4, 0.5) is 0 Å². The van der Waals surface area contributed by atoms with Gasteiger partial charge in [-0.05, 0) is 13.0 Å². The summed E-state index contributed by atoms with van der Waals surface area (Å²) in [5, 5.41) is 0.620. The quantitative estimate of drug-likeness (QED) is 0.799. The summed E-state index contributed by atoms with van der Waals surface area (Å²) in [7, 11) is -1.41. The fourth-order valence-corrected chi connectivity index (χ4v) is 7.20. The van der Waals surface area contributed by atoms with Gasteiger partial charge in [-0.25, -0.2) is 8.42 Å². The number of carbonyl (C=O) groups is 1. The highest BCUT2D eigenvalue weighted by molar-refractivity contribution is 8.15. The van der Waals surface area contributed by atoms with Crippen molar-refractivity contribution >= 4 is 32.7 Å². The van der Waals surface area contributed by atoms with Crippen molar-refractivity contribution in [3.8, 4) is 5.75 Å². The third kappa shape index (κ3) is 3.44. The second kappa shape index (κ2) is 6.76. The number of rotatable bonds is 4. The van der Waals surface area contributed by atoms with Gasteiger partial charge in [0.2, 0.25) is 0 Å². The smallest absolute Gasteiger partial charge is 0.252 e. The van der Waals surface area contributed by atoms with Crippen LogP contribution in [-0.2, 0) is 21.1 Å². The average molecular weight is 368 g/mol. The SMILES string of the molecule is CCN1C(=NC(=O)Cc2ccccc2OC)S[C@H]2CS(=O)(=O)C[C@H]21. The van der Waals surface area contributed by atoms with Crippen molar-refractivity contribution in [1.29, 1.82) is 0 Å². The summed E-state index contributed by atoms with van der Waals surface area (Å²) < 4.78 is 28.8. The Morgan fingerprint density at radius 1 is 1.38 bits per heavy atom. The van der Waals surface area contributed by atoms with Crippen molar-refractivity contribution in [2.45, 2.75) is 24.6 Å². The van der Waals surface area contributed by atoms with E-state index in [2.05, 4.69) is 4.99 Å². The van der Waals surface area contributed by atoms with Crippen molar-refractivity contribution in [2.24, 2.45) is 4.99 Å². The summed E-state index contributed by atoms with van der Waals surface area (Å²) in [6, 6.07) is 7.30. The normalized spacial score (nSPS) is 26.6. The van der Waals surface area contributed by atoms with Crippen LogP contribution in [0.25, 0.3) is 0 Å². The first-order valence-electron chi connectivity index (χ1n) is 7.80. The lowest BCUT2D eigenvalue weighted by Gasteiger charge is -2.22. The Hall–Kier alpha value is -1.54. The van der Waals surface area contributed by atoms with Gasteiger partial charge < -0.3 is 9.64 Å². The topological polar surface area (TPSA) is 76.0 Å². The maximum atomic E-state index is 12.3. The zero-order valence-corrected chi connectivity index (χ0v) is 15.3. The van der Waals surface area contributed by atoms with Crippen LogP contribution in [0.5, 0.6) is 5.75 Å². The van der Waals surface area contributed by atoms with Crippen LogP contribution >= 0.6 is 11.8 Å². The van der Waals surface area contributed by atoms with Crippen LogP contribution in [0.2, 0.25) is 0 Å². The summed E-state index contributed by atoms with van der Waals surface area (Å²) in [5.74, 6) is 0.736. The molecule has 0 aliphatic carbocycles. The molecule has 1 amide bonds. The first-order valence-corrected chi connectivity index (χ1v) is 10.5. The number of amides is 1. The van der Waals surface area contributed by atoms with E-state index in [0.717, 1.165) is 5.56 Å². The first kappa shape index (κ1) is 17.3. The lowest BCUT2D eigenvalue weighted by atomic mass is 10.1. The van der Waals surface area contributed by atoms with E-state index < -0.39 is 9.84 Å². The molecule has 24 heavy (non-hydrogen) atoms. The second-order valence-electron chi connectivity index (χ2n) is 5.86. The van der Waals surface area contributed by atoms with Gasteiger partial charge in [0.1, 0.15) is 5.75 Å². The third-order valence-electron chi connectivity index (χ3n) is 4.27. The number of fused-ring (bicyclic) bond motifs is 1. The van der Waals surface area contributed by atoms with Crippen LogP contribution in [-0.4, -0.2) is 60.8 Å². The number of methoxy groups -OCH3 is 1. The third-order valence-corrected chi connectivity index (χ3v) is 7.52. The van der Waals surface area contributed by atoms with Crippen LogP contribution < -0.4 is 4.74 Å². The van der Waals surface area contributed by atoms with Gasteiger partial charge in [0.15, 0.2) is 15.0 Å². The lowest BCUT2D eigenvalue weighted by Crippen LogP contribution is -2.37. The summed E-state index contributed by atoms with van der Waals surface area (Å²) in [6.45, 7) is 2.60. The van der Waals surface area contributed by atoms with Gasteiger partial charge in [0, 0.05) is 17.4 Å². The molecule has 0 bridgehead atoms. The van der Waals surface area contributed by atoms with E-state index >= 15 is 0 Å². The Morgan fingerprint density at radius 3 is 2.83 bits per heavy atom. The molecule has 0 aromatic heterocycles. The maximum Gasteiger partial charge on any atom is 0.252 e. The van der Waals surface area contributed by atoms with Crippen molar-refractivity contribution in [1.82, 2.24) is 4.90 Å². The van der Waals surface area contributed by atoms with E-state index in [9.17, 15) is 13.2 Å². The standard InChI is InChI=1S/C16H20N2O4S2/c1-3-18-12-9-24(20,21)10-14(12)23-16(18)17-15(19)8-11-6-4-5-7-13(11)22-2/h4-7,12,14H,3,8-10H2,1-2H3/t12-,14+/m1/s1. The van der Waals surface area contributed by atoms with E-state index in [1.165, 1.54) is 11.8 Å². The molecule has 0 spiro atoms. The lowest BCUT2D eigenvalue weighted by molar-refractivity contribution is -0.117. The number of ether oxygens (including phenoxy) is 1. The van der Waals surface area contributed by atoms with Crippen LogP contribution in [0.3, 0.4) is 0 Å². The molecule has 130 valence electrons. The average Bonchev–Trinajstić information content (AvgIpc) is 2.98. The Kier molecular flexibility index (Phi) is 4.87. The highest BCUT2D eigenvalue weighted by Crippen LogP contribution is 2.37. The van der Waals surface area contributed by atoms with Crippen LogP contribution in [0.15, 0.2) is 29.3 Å². The molecule has 1 aromatic rings. The Morgan fingerprint density at radius 2 is 2.12 bits per heavy atom. The summed E-state index contributed by atoms with van der Waals surface area (Å²) >= 11 is 1.41. The minimum absolute atomic E-state index is 0.0206. The first-order chi connectivity index (χ1) is 11.4. The summed E-state index contributed by atoms with van der Waals surface area (Å²) in [6.07, 6.45) is 0.166. The van der Waals surface area contributed by atoms with E-state index in [0.29, 0.717) is 17.5 Å². The second-order valence-corrected chi connectivity index (χ2v) is 9.22. The van der Waals surface area contributed by atoms with Gasteiger partial charge in [-0.2, -0.15) is 4.99 Å². The minimum atomic E-state index is -2.98. The van der Waals surface area contributed by atoms with Crippen molar-refractivity contribution < 1.29 is 17.9 Å². The number of benzene rings is 1. The van der Waals surface area contributed by atoms with Gasteiger partial charge in [-0.15, -0.1) is 0 Å². The number of carbonyl (C=O) groups excluding carboxylic acids is 1. The maximum absolute atomic E-state index is 12.3. The van der Waals surface area contributed by atoms with Crippen LogP contribution in [0.1, 0.15) is 12.5 Å². The Labute approximate surface area is 146 Å². The molecule has 2 aliphatic rings. The van der Waals surface area contributed by atoms with Crippen LogP contribution in [0, 0.1) is 0 Å². The number of hydrogen-bond donors (Lipinski definition) is 0. The molecule has 2 aliphatic heterocycles. The van der Waals surface area contributed by atoms with E-state index in [-0.39, 0.29) is 35.1 Å². The van der Waals surface area contributed by atoms with E-state index in [1.807, 2.05) is 36.1 Å². The number of nitrogens with zero attached hydrogens (tertiary/aromatic N) is 2. The molecule has 0 unspecified atom stereocenters. The number of amidine groups is 1. The molecule has 2 saturated heterocycles. The molecular weight excluding hydrogens is 348 g/mol. The number of sulfone groups is 1. The van der Waals surface area contributed by atoms with E-state index in [4.69, 9.17) is 4.74 Å². The zero-order chi connectivity index (χ0) is 17.3. The van der Waals surface area contributed by atoms with Gasteiger partial charge in [-0.1, -0.05) is 30.0 Å². The molecule has 3 rings (SSSR count). The highest BCUT2D eigenvalue weighted by Gasteiger charge is 2.48. The molecule has 0 radical (unpaired) electrons. The summed E-state index contributed by atoms with van der Waals surface area (Å²) in [4.78, 5) is 18.5. The molecule has 6 nitrogen and oxygen atoms in total. The fourth-order valence-electron chi connectivity index (χ4n) is 3.16. The molecular formula is C16H20N2O4S2. The molecule has 0 saturated carbocycles. The van der Waals surface area contributed by atoms with Crippen molar-refractivity contribution in [3.63, 3.8) is 0 Å². The van der Waals surface area contributed by atoms with Crippen molar-refractivity contribution in [3.05, 3.63) is 29.8 Å². The summed E-state index contributed by atoms with van der Waals surface area (Å²) in [5.41, 5.74) is 0.795. The molecule has 8 heteroatoms. The number of para-hydroxylation sites is 1. The molecule has 1 aromatic carbocycles. The molecule has 2 atom stereocenters. The number of aliphatic imine (C=N–C) groups is 1. The van der Waals surface area contributed by atoms with Gasteiger partial charge in [0.05, 0.1) is 31.1 Å². The Bertz CT molecular complexity index is 776. The Balaban J connectivity index is 1.75. The molecule has 2 fully saturated rings. The van der Waals surface area contributed by atoms with Crippen molar-refractivity contribution in [2.75, 3.05) is 25.2 Å². The van der Waals surface area contributed by atoms with Gasteiger partial charge in [0.25, 0.3) is 5.91 Å². The largest absolute Gasteiger partial charge is 0.496 e. The highest BCUT2D eigenvalue weighted by atomic mass is 32.2. The number of thioether (sulfide) groups is 1. The predicted octanol–water partition coefficient (Wildman–Crippen LogP) is 1.35. The van der Waals surface area contributed by atoms with E-state index in [1.54, 1.807) is 7.11 Å². The molecule has 0 N–H and O–H groups in total. The number of hydrogen-bond acceptors (Lipinski definition) is 5. The fraction of sp³-hybridized carbons (Fsp3) is 0.500. The monoisotopic (exact) mass is 368 g/mol. The van der Waals surface area contributed by atoms with Gasteiger partial charge in [-0.3, -0.25) is 4.79 Å². The minimum Gasteiger partial charge on any atom is -0.496 e. The van der Waals surface area contributed by atoms with Gasteiger partial charge >= 0.3 is 0 Å².